The van der Waals surface area contributed by atoms with Crippen molar-refractivity contribution in [3.63, 3.8) is 0 Å². The van der Waals surface area contributed by atoms with Crippen molar-refractivity contribution in [1.29, 1.82) is 0 Å². The van der Waals surface area contributed by atoms with Crippen molar-refractivity contribution in [2.45, 2.75) is 20.0 Å². The van der Waals surface area contributed by atoms with E-state index in [9.17, 15) is 14.7 Å². The molecule has 2 N–H and O–H groups in total. The third-order valence-electron chi connectivity index (χ3n) is 5.91. The fraction of sp³-hybridized carbons (Fsp3) is 0.292. The summed E-state index contributed by atoms with van der Waals surface area (Å²) in [6.45, 7) is 5.36. The topological polar surface area (TPSA) is 77.8 Å². The molecule has 0 spiro atoms. The van der Waals surface area contributed by atoms with Crippen LogP contribution in [0.2, 0.25) is 0 Å². The molecule has 4 rings (SSSR count). The summed E-state index contributed by atoms with van der Waals surface area (Å²) in [5, 5.41) is 13.3. The zero-order valence-corrected chi connectivity index (χ0v) is 19.1. The number of benzene rings is 2. The van der Waals surface area contributed by atoms with E-state index in [2.05, 4.69) is 10.2 Å². The number of nitrogens with zero attached hydrogens (tertiary/aromatic N) is 3. The van der Waals surface area contributed by atoms with E-state index in [0.29, 0.717) is 55.6 Å². The minimum atomic E-state index is -1.32. The number of hydrogen-bond acceptors (Lipinski definition) is 4. The van der Waals surface area contributed by atoms with E-state index in [4.69, 9.17) is 12.2 Å². The highest BCUT2D eigenvalue weighted by molar-refractivity contribution is 7.80. The quantitative estimate of drug-likeness (QED) is 0.558. The molecule has 0 atom stereocenters. The van der Waals surface area contributed by atoms with Crippen molar-refractivity contribution in [2.24, 2.45) is 0 Å². The average Bonchev–Trinajstić information content (AvgIpc) is 2.83. The molecule has 9 heteroatoms. The van der Waals surface area contributed by atoms with Gasteiger partial charge in [-0.25, -0.2) is 9.18 Å². The van der Waals surface area contributed by atoms with E-state index in [-0.39, 0.29) is 10.9 Å². The Morgan fingerprint density at radius 3 is 2.48 bits per heavy atom. The van der Waals surface area contributed by atoms with Crippen LogP contribution in [0.5, 0.6) is 0 Å². The number of fused-ring (bicyclic) bond motifs is 1. The molecule has 1 aromatic heterocycles. The van der Waals surface area contributed by atoms with Gasteiger partial charge in [-0.1, -0.05) is 30.3 Å². The van der Waals surface area contributed by atoms with E-state index < -0.39 is 17.2 Å². The number of thiocarbonyl (C=S) groups is 1. The summed E-state index contributed by atoms with van der Waals surface area (Å²) in [6.07, 6.45) is 1.32. The number of halogens is 1. The molecule has 1 aliphatic heterocycles. The standard InChI is InChI=1S/C24H25FN4O3S/c1-2-27-15-18(23(31)32)22(30)17-12-19(25)21(13-20(17)27)28-8-10-29(11-9-28)24(33)26-14-16-6-4-3-5-7-16/h3-7,12-13,15H,2,8-11,14H2,1H3,(H,26,33)(H,31,32). The van der Waals surface area contributed by atoms with Crippen molar-refractivity contribution >= 4 is 39.9 Å². The van der Waals surface area contributed by atoms with Gasteiger partial charge < -0.3 is 24.8 Å². The number of carbonyl (C=O) groups is 1. The molecule has 0 unspecified atom stereocenters. The maximum atomic E-state index is 15.0. The first-order valence-electron chi connectivity index (χ1n) is 10.8. The Hall–Kier alpha value is -3.46. The molecule has 7 nitrogen and oxygen atoms in total. The molecule has 0 radical (unpaired) electrons. The Labute approximate surface area is 196 Å². The van der Waals surface area contributed by atoms with Crippen LogP contribution in [0.25, 0.3) is 10.9 Å². The summed E-state index contributed by atoms with van der Waals surface area (Å²) in [6, 6.07) is 12.8. The highest BCUT2D eigenvalue weighted by atomic mass is 32.1. The van der Waals surface area contributed by atoms with Crippen LogP contribution in [0.15, 0.2) is 53.5 Å². The molecular formula is C24H25FN4O3S. The SMILES string of the molecule is CCn1cc(C(=O)O)c(=O)c2cc(F)c(N3CCN(C(=S)NCc4ccccc4)CC3)cc21. The number of aryl methyl sites for hydroxylation is 1. The van der Waals surface area contributed by atoms with Gasteiger partial charge in [0.1, 0.15) is 11.4 Å². The monoisotopic (exact) mass is 468 g/mol. The highest BCUT2D eigenvalue weighted by Crippen LogP contribution is 2.26. The van der Waals surface area contributed by atoms with Crippen LogP contribution < -0.4 is 15.6 Å². The lowest BCUT2D eigenvalue weighted by atomic mass is 10.1. The van der Waals surface area contributed by atoms with Gasteiger partial charge in [0.05, 0.1) is 11.2 Å². The smallest absolute Gasteiger partial charge is 0.341 e. The lowest BCUT2D eigenvalue weighted by molar-refractivity contribution is 0.0695. The van der Waals surface area contributed by atoms with Crippen LogP contribution in [0, 0.1) is 5.82 Å². The number of carboxylic acid groups (broad SMARTS) is 1. The predicted octanol–water partition coefficient (Wildman–Crippen LogP) is 3.06. The van der Waals surface area contributed by atoms with Crippen LogP contribution in [-0.2, 0) is 13.1 Å². The molecule has 2 heterocycles. The fourth-order valence-corrected chi connectivity index (χ4v) is 4.35. The van der Waals surface area contributed by atoms with E-state index in [1.54, 1.807) is 10.6 Å². The predicted molar refractivity (Wildman–Crippen MR) is 130 cm³/mol. The number of piperazine rings is 1. The second-order valence-corrected chi connectivity index (χ2v) is 8.29. The first kappa shape index (κ1) is 22.7. The molecule has 172 valence electrons. The first-order chi connectivity index (χ1) is 15.9. The molecule has 0 amide bonds. The van der Waals surface area contributed by atoms with Gasteiger partial charge in [0, 0.05) is 50.9 Å². The van der Waals surface area contributed by atoms with Gasteiger partial charge in [0.25, 0.3) is 0 Å². The first-order valence-corrected chi connectivity index (χ1v) is 11.2. The van der Waals surface area contributed by atoms with Crippen LogP contribution in [0.1, 0.15) is 22.8 Å². The molecule has 2 aromatic carbocycles. The van der Waals surface area contributed by atoms with Crippen LogP contribution in [0.4, 0.5) is 10.1 Å². The zero-order chi connectivity index (χ0) is 23.5. The summed E-state index contributed by atoms with van der Waals surface area (Å²) >= 11 is 5.53. The van der Waals surface area contributed by atoms with Gasteiger partial charge in [-0.05, 0) is 36.8 Å². The summed E-state index contributed by atoms with van der Waals surface area (Å²) in [5.74, 6) is -1.86. The second-order valence-electron chi connectivity index (χ2n) is 7.90. The molecule has 0 bridgehead atoms. The third-order valence-corrected chi connectivity index (χ3v) is 6.32. The van der Waals surface area contributed by atoms with Gasteiger partial charge >= 0.3 is 5.97 Å². The summed E-state index contributed by atoms with van der Waals surface area (Å²) < 4.78 is 16.7. The van der Waals surface area contributed by atoms with Gasteiger partial charge in [0.2, 0.25) is 5.43 Å². The normalized spacial score (nSPS) is 13.9. The number of carboxylic acids is 1. The average molecular weight is 469 g/mol. The lowest BCUT2D eigenvalue weighted by Crippen LogP contribution is -2.51. The fourth-order valence-electron chi connectivity index (χ4n) is 4.09. The molecule has 0 aliphatic carbocycles. The number of aromatic nitrogens is 1. The lowest BCUT2D eigenvalue weighted by Gasteiger charge is -2.37. The van der Waals surface area contributed by atoms with E-state index in [1.165, 1.54) is 6.20 Å². The van der Waals surface area contributed by atoms with Crippen molar-refractivity contribution in [1.82, 2.24) is 14.8 Å². The maximum absolute atomic E-state index is 15.0. The van der Waals surface area contributed by atoms with E-state index >= 15 is 4.39 Å². The van der Waals surface area contributed by atoms with Crippen LogP contribution in [0.3, 0.4) is 0 Å². The molecule has 3 aromatic rings. The van der Waals surface area contributed by atoms with E-state index in [0.717, 1.165) is 11.6 Å². The summed E-state index contributed by atoms with van der Waals surface area (Å²) in [5.41, 5.74) is 1.03. The van der Waals surface area contributed by atoms with Gasteiger partial charge in [-0.3, -0.25) is 4.79 Å². The molecular weight excluding hydrogens is 443 g/mol. The number of anilines is 1. The van der Waals surface area contributed by atoms with Crippen molar-refractivity contribution in [3.05, 3.63) is 75.8 Å². The number of nitrogens with one attached hydrogen (secondary N) is 1. The van der Waals surface area contributed by atoms with Crippen molar-refractivity contribution in [2.75, 3.05) is 31.1 Å². The van der Waals surface area contributed by atoms with Crippen molar-refractivity contribution < 1.29 is 14.3 Å². The second kappa shape index (κ2) is 9.58. The Bertz CT molecular complexity index is 1250. The molecule has 0 saturated carbocycles. The third kappa shape index (κ3) is 4.68. The van der Waals surface area contributed by atoms with Gasteiger partial charge in [-0.2, -0.15) is 0 Å². The maximum Gasteiger partial charge on any atom is 0.341 e. The van der Waals surface area contributed by atoms with Gasteiger partial charge in [-0.15, -0.1) is 0 Å². The molecule has 1 saturated heterocycles. The summed E-state index contributed by atoms with van der Waals surface area (Å²) in [4.78, 5) is 28.0. The largest absolute Gasteiger partial charge is 0.477 e. The Morgan fingerprint density at radius 2 is 1.85 bits per heavy atom. The molecule has 1 aliphatic rings. The number of rotatable bonds is 5. The van der Waals surface area contributed by atoms with Gasteiger partial charge in [0.15, 0.2) is 5.11 Å². The van der Waals surface area contributed by atoms with Crippen molar-refractivity contribution in [3.8, 4) is 0 Å². The zero-order valence-electron chi connectivity index (χ0n) is 18.3. The number of hydrogen-bond donors (Lipinski definition) is 2. The Kier molecular flexibility index (Phi) is 6.60. The Balaban J connectivity index is 1.50. The minimum absolute atomic E-state index is 0.0722. The van der Waals surface area contributed by atoms with Crippen LogP contribution in [-0.4, -0.2) is 51.8 Å². The highest BCUT2D eigenvalue weighted by Gasteiger charge is 2.23. The number of pyridine rings is 1. The van der Waals surface area contributed by atoms with Crippen LogP contribution >= 0.6 is 12.2 Å². The Morgan fingerprint density at radius 1 is 1.15 bits per heavy atom. The van der Waals surface area contributed by atoms with E-state index in [1.807, 2.05) is 42.2 Å². The summed E-state index contributed by atoms with van der Waals surface area (Å²) in [7, 11) is 0. The molecule has 1 fully saturated rings. The number of aromatic carboxylic acids is 1. The minimum Gasteiger partial charge on any atom is -0.477 e. The molecule has 33 heavy (non-hydrogen) atoms.